The molecule has 7 heteroatoms. The number of rotatable bonds is 4. The molecule has 0 spiro atoms. The largest absolute Gasteiger partial charge is 0 e. The van der Waals surface area contributed by atoms with Gasteiger partial charge in [0, 0.05) is 43.4 Å². The molecular formula is C25H44BN2OP2Rh. The van der Waals surface area contributed by atoms with Crippen LogP contribution in [0.1, 0.15) is 83.1 Å². The molecule has 2 radical (unpaired) electrons. The van der Waals surface area contributed by atoms with Crippen LogP contribution in [0.15, 0.2) is 24.3 Å². The van der Waals surface area contributed by atoms with Gasteiger partial charge in [-0.15, -0.1) is 0 Å². The molecule has 1 heterocycles. The quantitative estimate of drug-likeness (QED) is 0.161. The van der Waals surface area contributed by atoms with Crippen molar-refractivity contribution in [3.63, 3.8) is 0 Å². The molecule has 0 aromatic heterocycles. The molecule has 32 heavy (non-hydrogen) atoms. The van der Waals surface area contributed by atoms with E-state index in [9.17, 15) is 0 Å². The monoisotopic (exact) mass is 564 g/mol. The summed E-state index contributed by atoms with van der Waals surface area (Å²) in [5.74, 6) is 0. The van der Waals surface area contributed by atoms with Gasteiger partial charge in [-0.25, -0.2) is 0 Å². The van der Waals surface area contributed by atoms with E-state index in [4.69, 9.17) is 4.65 Å². The maximum Gasteiger partial charge on any atom is 0 e. The summed E-state index contributed by atoms with van der Waals surface area (Å²) < 4.78 is 7.50. The third-order valence-electron chi connectivity index (χ3n) is 5.61. The molecule has 1 aliphatic rings. The molecule has 0 N–H and O–H groups in total. The van der Waals surface area contributed by atoms with Gasteiger partial charge in [0.15, 0.2) is 0 Å². The molecule has 1 aromatic carbocycles. The van der Waals surface area contributed by atoms with E-state index in [1.807, 2.05) is 0 Å². The van der Waals surface area contributed by atoms with Gasteiger partial charge in [0.1, 0.15) is 0 Å². The molecule has 0 amide bonds. The van der Waals surface area contributed by atoms with Crippen LogP contribution in [0.4, 0.5) is 11.4 Å². The number of hydrogen-bond donors (Lipinski definition) is 0. The first-order valence-electron chi connectivity index (χ1n) is 11.2. The number of hydrogen-bond acceptors (Lipinski definition) is 2. The van der Waals surface area contributed by atoms with Crippen molar-refractivity contribution in [1.82, 2.24) is 0 Å². The Bertz CT molecular complexity index is 658. The Balaban J connectivity index is 0.00000311. The van der Waals surface area contributed by atoms with Crippen molar-refractivity contribution in [2.75, 3.05) is 22.2 Å². The van der Waals surface area contributed by atoms with E-state index in [0.29, 0.717) is 20.6 Å². The maximum absolute atomic E-state index is 7.50. The topological polar surface area (TPSA) is 26.4 Å². The molecule has 0 aliphatic carbocycles. The molecule has 0 bridgehead atoms. The molecule has 0 saturated heterocycles. The zero-order valence-corrected chi connectivity index (χ0v) is 25.8. The predicted octanol–water partition coefficient (Wildman–Crippen LogP) is 7.88. The molecule has 0 fully saturated rings. The van der Waals surface area contributed by atoms with Crippen LogP contribution in [0.5, 0.6) is 0 Å². The molecule has 2 rings (SSSR count). The molecule has 182 valence electrons. The van der Waals surface area contributed by atoms with Crippen LogP contribution in [-0.2, 0) is 24.1 Å². The van der Waals surface area contributed by atoms with Gasteiger partial charge in [0.05, 0.1) is 0 Å². The minimum absolute atomic E-state index is 0. The summed E-state index contributed by atoms with van der Waals surface area (Å²) in [5.41, 5.74) is 2.76. The van der Waals surface area contributed by atoms with Crippen molar-refractivity contribution < 1.29 is 24.1 Å². The summed E-state index contributed by atoms with van der Waals surface area (Å²) in [6.45, 7) is 33.5. The third kappa shape index (κ3) is 8.40. The van der Waals surface area contributed by atoms with Crippen LogP contribution in [-0.4, -0.2) is 40.7 Å². The summed E-state index contributed by atoms with van der Waals surface area (Å²) in [4.78, 5) is 5.10. The Morgan fingerprint density at radius 1 is 0.656 bits per heavy atom. The van der Waals surface area contributed by atoms with E-state index >= 15 is 0 Å². The van der Waals surface area contributed by atoms with Gasteiger partial charge in [-0.2, -0.15) is 0 Å². The van der Waals surface area contributed by atoms with Crippen molar-refractivity contribution in [3.8, 4) is 0 Å². The van der Waals surface area contributed by atoms with E-state index in [-0.39, 0.29) is 35.3 Å². The van der Waals surface area contributed by atoms with Crippen molar-refractivity contribution in [2.24, 2.45) is 0 Å². The Morgan fingerprint density at radius 3 is 1.12 bits per heavy atom. The van der Waals surface area contributed by atoms with Crippen LogP contribution < -0.4 is 9.62 Å². The molecular weight excluding hydrogens is 520 g/mol. The van der Waals surface area contributed by atoms with Crippen LogP contribution in [0.25, 0.3) is 0 Å². The fourth-order valence-electron chi connectivity index (χ4n) is 4.63. The van der Waals surface area contributed by atoms with Crippen molar-refractivity contribution in [2.45, 2.75) is 104 Å². The minimum atomic E-state index is -0.189. The van der Waals surface area contributed by atoms with Crippen LogP contribution in [0.2, 0.25) is 0 Å². The number of fused-ring (bicyclic) bond motifs is 1. The van der Waals surface area contributed by atoms with E-state index < -0.39 is 0 Å². The second-order valence-electron chi connectivity index (χ2n) is 12.4. The van der Waals surface area contributed by atoms with Gasteiger partial charge in [-0.3, -0.25) is 0 Å². The van der Waals surface area contributed by atoms with Gasteiger partial charge < -0.3 is 9.62 Å². The molecule has 0 atom stereocenters. The summed E-state index contributed by atoms with van der Waals surface area (Å²) in [5, 5.41) is 1.31. The van der Waals surface area contributed by atoms with Gasteiger partial charge >= 0.3 is 18.9 Å². The zero-order valence-electron chi connectivity index (χ0n) is 22.3. The van der Waals surface area contributed by atoms with Gasteiger partial charge in [-0.1, -0.05) is 111 Å². The number of anilines is 2. The fourth-order valence-corrected chi connectivity index (χ4v) is 11.4. The van der Waals surface area contributed by atoms with Gasteiger partial charge in [0.2, 0.25) is 0 Å². The minimum Gasteiger partial charge on any atom is 0 e. The van der Waals surface area contributed by atoms with Crippen molar-refractivity contribution >= 4 is 34.8 Å². The normalized spacial score (nSPS) is 14.5. The second-order valence-corrected chi connectivity index (χ2v) is 20.0. The van der Waals surface area contributed by atoms with Gasteiger partial charge in [0.25, 0.3) is 0 Å². The van der Waals surface area contributed by atoms with Crippen LogP contribution >= 0.6 is 15.8 Å². The standard InChI is InChI=1S/C24H44BN2P2.CO.Rh/c1-21(2,3)28(22(4,5)6)17-26-19-15-13-14-16-20(19)27(25-26)18-29(23(7,8)9)24(10,11)12;1-2;/h13-16H,17-18H2,1-12H3;;. The Hall–Kier alpha value is 0.108. The predicted molar refractivity (Wildman–Crippen MR) is 144 cm³/mol. The van der Waals surface area contributed by atoms with Crippen molar-refractivity contribution in [3.05, 3.63) is 30.9 Å². The molecule has 1 aromatic rings. The van der Waals surface area contributed by atoms with Crippen LogP contribution in [0, 0.1) is 6.65 Å². The molecule has 0 saturated carbocycles. The van der Waals surface area contributed by atoms with Gasteiger partial charge in [-0.05, 0) is 32.8 Å². The molecule has 0 unspecified atom stereocenters. The second kappa shape index (κ2) is 11.7. The smallest absolute Gasteiger partial charge is 0 e. The van der Waals surface area contributed by atoms with E-state index in [2.05, 4.69) is 131 Å². The van der Waals surface area contributed by atoms with E-state index in [0.717, 1.165) is 12.6 Å². The first-order valence-corrected chi connectivity index (χ1v) is 14.2. The van der Waals surface area contributed by atoms with Crippen molar-refractivity contribution in [1.29, 1.82) is 0 Å². The first kappa shape index (κ1) is 32.1. The summed E-state index contributed by atoms with van der Waals surface area (Å²) >= 11 is 0. The third-order valence-corrected chi connectivity index (χ3v) is 13.3. The SMILES string of the molecule is CC(C)(C)P(CN1[B]N(CP(C(C)(C)C)C(C)(C)C)c2ccccc21)C(C)(C)C.[C-]#[O+].[Rh]. The molecule has 1 aliphatic heterocycles. The first-order chi connectivity index (χ1) is 13.9. The number of nitrogens with zero attached hydrogens (tertiary/aromatic N) is 2. The van der Waals surface area contributed by atoms with Crippen LogP contribution in [0.3, 0.4) is 0 Å². The zero-order chi connectivity index (χ0) is 24.4. The maximum atomic E-state index is 7.50. The number of para-hydroxylation sites is 2. The Morgan fingerprint density at radius 2 is 0.906 bits per heavy atom. The van der Waals surface area contributed by atoms with E-state index in [1.54, 1.807) is 0 Å². The Kier molecular flexibility index (Phi) is 11.7. The summed E-state index contributed by atoms with van der Waals surface area (Å²) in [6.07, 6.45) is 2.25. The Labute approximate surface area is 215 Å². The number of benzene rings is 1. The summed E-state index contributed by atoms with van der Waals surface area (Å²) in [7, 11) is 2.04. The fraction of sp³-hybridized carbons (Fsp3) is 0.720. The summed E-state index contributed by atoms with van der Waals surface area (Å²) in [6, 6.07) is 8.99. The van der Waals surface area contributed by atoms with E-state index in [1.165, 1.54) is 11.4 Å². The average molecular weight is 564 g/mol. The molecule has 3 nitrogen and oxygen atoms in total. The average Bonchev–Trinajstić information content (AvgIpc) is 2.93.